The number of ether oxygens (including phenoxy) is 1. The number of aromatic hydroxyl groups is 1. The molecule has 3 aromatic rings. The van der Waals surface area contributed by atoms with Crippen molar-refractivity contribution in [2.45, 2.75) is 39.2 Å². The highest BCUT2D eigenvalue weighted by Gasteiger charge is 2.19. The van der Waals surface area contributed by atoms with E-state index in [1.165, 1.54) is 6.07 Å². The normalized spacial score (nSPS) is 10.7. The molecule has 0 aliphatic rings. The zero-order valence-electron chi connectivity index (χ0n) is 18.8. The van der Waals surface area contributed by atoms with Crippen molar-refractivity contribution in [1.82, 2.24) is 4.98 Å². The molecule has 0 saturated carbocycles. The topological polar surface area (TPSA) is 149 Å². The van der Waals surface area contributed by atoms with Crippen LogP contribution >= 0.6 is 0 Å². The van der Waals surface area contributed by atoms with Crippen LogP contribution in [-0.4, -0.2) is 30.6 Å². The van der Waals surface area contributed by atoms with Crippen LogP contribution < -0.4 is 4.74 Å². The van der Waals surface area contributed by atoms with Crippen LogP contribution in [0.15, 0.2) is 54.7 Å². The standard InChI is InChI=1S/C17H20N2O4.C6H4FNO3/c1-12-4-7-16(18-11-12)23-14-5-6-15(19(21)22)13(10-14)8-9-17(2,3)20;7-5-3-4(9)1-2-6(5)8(10)11/h4-7,10-11,20H,8-9H2,1-3H3;1-3,9H. The molecule has 0 saturated heterocycles. The van der Waals surface area contributed by atoms with E-state index in [4.69, 9.17) is 9.84 Å². The lowest BCUT2D eigenvalue weighted by atomic mass is 9.98. The third-order valence-electron chi connectivity index (χ3n) is 4.49. The monoisotopic (exact) mass is 473 g/mol. The second kappa shape index (κ2) is 11.1. The summed E-state index contributed by atoms with van der Waals surface area (Å²) in [5.41, 5.74) is 0.0541. The maximum atomic E-state index is 12.5. The summed E-state index contributed by atoms with van der Waals surface area (Å²) in [6, 6.07) is 10.9. The Morgan fingerprint density at radius 1 is 1.03 bits per heavy atom. The minimum absolute atomic E-state index is 0.0264. The molecular weight excluding hydrogens is 449 g/mol. The number of hydrogen-bond donors (Lipinski definition) is 2. The first-order valence-electron chi connectivity index (χ1n) is 10.1. The van der Waals surface area contributed by atoms with E-state index in [2.05, 4.69) is 4.98 Å². The van der Waals surface area contributed by atoms with E-state index < -0.39 is 27.0 Å². The first kappa shape index (κ1) is 26.1. The van der Waals surface area contributed by atoms with Gasteiger partial charge in [0, 0.05) is 36.0 Å². The molecule has 1 heterocycles. The Bertz CT molecular complexity index is 1160. The molecule has 1 aromatic heterocycles. The number of hydrogen-bond acceptors (Lipinski definition) is 8. The average molecular weight is 473 g/mol. The van der Waals surface area contributed by atoms with Gasteiger partial charge in [-0.1, -0.05) is 6.07 Å². The number of aliphatic hydroxyl groups is 1. The quantitative estimate of drug-likeness (QED) is 0.350. The molecule has 2 aromatic carbocycles. The first-order valence-corrected chi connectivity index (χ1v) is 10.1. The first-order chi connectivity index (χ1) is 15.9. The molecule has 0 fully saturated rings. The molecule has 0 radical (unpaired) electrons. The highest BCUT2D eigenvalue weighted by molar-refractivity contribution is 5.46. The number of nitro benzene ring substituents is 2. The minimum Gasteiger partial charge on any atom is -0.508 e. The molecule has 10 nitrogen and oxygen atoms in total. The summed E-state index contributed by atoms with van der Waals surface area (Å²) in [7, 11) is 0. The fraction of sp³-hybridized carbons (Fsp3) is 0.261. The lowest BCUT2D eigenvalue weighted by molar-refractivity contribution is -0.387. The number of pyridine rings is 1. The Morgan fingerprint density at radius 3 is 2.21 bits per heavy atom. The molecule has 0 bridgehead atoms. The fourth-order valence-electron chi connectivity index (χ4n) is 2.72. The minimum atomic E-state index is -1.03. The summed E-state index contributed by atoms with van der Waals surface area (Å²) < 4.78 is 18.1. The van der Waals surface area contributed by atoms with Gasteiger partial charge in [0.1, 0.15) is 11.5 Å². The Kier molecular flexibility index (Phi) is 8.57. The Hall–Kier alpha value is -4.12. The predicted molar refractivity (Wildman–Crippen MR) is 121 cm³/mol. The van der Waals surface area contributed by atoms with Crippen LogP contribution in [-0.2, 0) is 6.42 Å². The Labute approximate surface area is 194 Å². The second-order valence-electron chi connectivity index (χ2n) is 8.03. The number of aromatic nitrogens is 1. The third kappa shape index (κ3) is 8.10. The molecule has 0 atom stereocenters. The summed E-state index contributed by atoms with van der Waals surface area (Å²) in [6.45, 7) is 5.28. The molecule has 2 N–H and O–H groups in total. The van der Waals surface area contributed by atoms with Crippen LogP contribution in [0.2, 0.25) is 0 Å². The van der Waals surface area contributed by atoms with E-state index >= 15 is 0 Å². The van der Waals surface area contributed by atoms with Crippen molar-refractivity contribution in [3.63, 3.8) is 0 Å². The Balaban J connectivity index is 0.000000310. The SMILES string of the molecule is Cc1ccc(Oc2ccc([N+](=O)[O-])c(CCC(C)(C)O)c2)nc1.O=[N+]([O-])c1ccc(O)cc1F. The zero-order valence-corrected chi connectivity index (χ0v) is 18.8. The van der Waals surface area contributed by atoms with Crippen molar-refractivity contribution in [2.24, 2.45) is 0 Å². The van der Waals surface area contributed by atoms with Crippen molar-refractivity contribution in [3.05, 3.63) is 91.9 Å². The summed E-state index contributed by atoms with van der Waals surface area (Å²) in [4.78, 5) is 24.0. The van der Waals surface area contributed by atoms with Crippen molar-refractivity contribution in [3.8, 4) is 17.4 Å². The molecule has 180 valence electrons. The second-order valence-corrected chi connectivity index (χ2v) is 8.03. The van der Waals surface area contributed by atoms with Gasteiger partial charge >= 0.3 is 5.69 Å². The van der Waals surface area contributed by atoms with Gasteiger partial charge in [-0.15, -0.1) is 0 Å². The lowest BCUT2D eigenvalue weighted by Crippen LogP contribution is -2.19. The van der Waals surface area contributed by atoms with Gasteiger partial charge in [0.15, 0.2) is 0 Å². The molecule has 34 heavy (non-hydrogen) atoms. The van der Waals surface area contributed by atoms with Gasteiger partial charge in [-0.05, 0) is 57.4 Å². The van der Waals surface area contributed by atoms with E-state index in [-0.39, 0.29) is 11.4 Å². The molecule has 11 heteroatoms. The molecule has 0 aliphatic carbocycles. The highest BCUT2D eigenvalue weighted by Crippen LogP contribution is 2.29. The van der Waals surface area contributed by atoms with E-state index in [0.717, 1.165) is 17.7 Å². The van der Waals surface area contributed by atoms with Crippen LogP contribution in [0.5, 0.6) is 17.4 Å². The number of halogens is 1. The number of nitro groups is 2. The number of phenolic OH excluding ortho intramolecular Hbond substituents is 1. The largest absolute Gasteiger partial charge is 0.508 e. The van der Waals surface area contributed by atoms with Crippen molar-refractivity contribution in [2.75, 3.05) is 0 Å². The maximum Gasteiger partial charge on any atom is 0.305 e. The van der Waals surface area contributed by atoms with E-state index in [0.29, 0.717) is 36.1 Å². The van der Waals surface area contributed by atoms with Crippen LogP contribution in [0.25, 0.3) is 0 Å². The molecule has 0 unspecified atom stereocenters. The van der Waals surface area contributed by atoms with Gasteiger partial charge < -0.3 is 14.9 Å². The van der Waals surface area contributed by atoms with E-state index in [1.54, 1.807) is 38.2 Å². The summed E-state index contributed by atoms with van der Waals surface area (Å²) >= 11 is 0. The van der Waals surface area contributed by atoms with Gasteiger partial charge in [-0.25, -0.2) is 4.98 Å². The molecule has 0 amide bonds. The predicted octanol–water partition coefficient (Wildman–Crippen LogP) is 5.23. The molecule has 0 aliphatic heterocycles. The highest BCUT2D eigenvalue weighted by atomic mass is 19.1. The summed E-state index contributed by atoms with van der Waals surface area (Å²) in [6.07, 6.45) is 2.49. The Morgan fingerprint density at radius 2 is 1.68 bits per heavy atom. The van der Waals surface area contributed by atoms with E-state index in [9.17, 15) is 29.7 Å². The van der Waals surface area contributed by atoms with Crippen LogP contribution in [0.4, 0.5) is 15.8 Å². The number of benzene rings is 2. The lowest BCUT2D eigenvalue weighted by Gasteiger charge is -2.17. The van der Waals surface area contributed by atoms with E-state index in [1.807, 2.05) is 13.0 Å². The number of rotatable bonds is 7. The van der Waals surface area contributed by atoms with Gasteiger partial charge in [0.2, 0.25) is 11.7 Å². The van der Waals surface area contributed by atoms with Crippen molar-refractivity contribution < 1.29 is 29.2 Å². The number of phenols is 1. The van der Waals surface area contributed by atoms with Crippen LogP contribution in [0.1, 0.15) is 31.4 Å². The van der Waals surface area contributed by atoms with Crippen molar-refractivity contribution in [1.29, 1.82) is 0 Å². The average Bonchev–Trinajstić information content (AvgIpc) is 2.73. The smallest absolute Gasteiger partial charge is 0.305 e. The molecule has 3 rings (SSSR count). The summed E-state index contributed by atoms with van der Waals surface area (Å²) in [5, 5.41) is 39.6. The van der Waals surface area contributed by atoms with Gasteiger partial charge in [-0.2, -0.15) is 4.39 Å². The van der Waals surface area contributed by atoms with Crippen molar-refractivity contribution >= 4 is 11.4 Å². The van der Waals surface area contributed by atoms with Crippen LogP contribution in [0.3, 0.4) is 0 Å². The van der Waals surface area contributed by atoms with Gasteiger partial charge in [0.05, 0.1) is 15.4 Å². The fourth-order valence-corrected chi connectivity index (χ4v) is 2.72. The molecular formula is C23H24FN3O7. The zero-order chi connectivity index (χ0) is 25.5. The molecule has 0 spiro atoms. The van der Waals surface area contributed by atoms with Gasteiger partial charge in [0.25, 0.3) is 5.69 Å². The maximum absolute atomic E-state index is 12.5. The summed E-state index contributed by atoms with van der Waals surface area (Å²) in [5.74, 6) is -0.446. The van der Waals surface area contributed by atoms with Crippen LogP contribution in [0, 0.1) is 33.0 Å². The van der Waals surface area contributed by atoms with Gasteiger partial charge in [-0.3, -0.25) is 20.2 Å². The number of aryl methyl sites for hydroxylation is 2. The third-order valence-corrected chi connectivity index (χ3v) is 4.49. The number of nitrogens with zero attached hydrogens (tertiary/aromatic N) is 3.